The van der Waals surface area contributed by atoms with Gasteiger partial charge in [-0.25, -0.2) is 0 Å². The van der Waals surface area contributed by atoms with Crippen LogP contribution in [0.25, 0.3) is 0 Å². The standard InChI is InChI=1S/C22H34N4O/c1-17(2)16-26-12-9-20(10-13-26)25-22(23-3)24-15-19-11-14-27-21(19)18-7-5-4-6-8-18/h4-8,19-21H,1,9-16H2,2-3H3,(H2,23,24,25). The van der Waals surface area contributed by atoms with Gasteiger partial charge in [0.15, 0.2) is 5.96 Å². The Balaban J connectivity index is 1.45. The molecule has 1 aromatic carbocycles. The maximum atomic E-state index is 6.00. The van der Waals surface area contributed by atoms with Gasteiger partial charge < -0.3 is 15.4 Å². The topological polar surface area (TPSA) is 48.9 Å². The fourth-order valence-electron chi connectivity index (χ4n) is 4.09. The summed E-state index contributed by atoms with van der Waals surface area (Å²) in [5, 5.41) is 7.14. The van der Waals surface area contributed by atoms with E-state index in [2.05, 4.69) is 64.4 Å². The molecule has 27 heavy (non-hydrogen) atoms. The minimum Gasteiger partial charge on any atom is -0.373 e. The summed E-state index contributed by atoms with van der Waals surface area (Å²) in [6.07, 6.45) is 3.56. The predicted octanol–water partition coefficient (Wildman–Crippen LogP) is 2.97. The molecule has 2 aliphatic rings. The van der Waals surface area contributed by atoms with E-state index in [1.165, 1.54) is 11.1 Å². The monoisotopic (exact) mass is 370 g/mol. The first kappa shape index (κ1) is 19.9. The molecule has 2 saturated heterocycles. The van der Waals surface area contributed by atoms with Crippen molar-refractivity contribution in [3.05, 3.63) is 48.0 Å². The third-order valence-electron chi connectivity index (χ3n) is 5.52. The Hall–Kier alpha value is -1.85. The Bertz CT molecular complexity index is 622. The van der Waals surface area contributed by atoms with Crippen molar-refractivity contribution < 1.29 is 4.74 Å². The molecule has 0 aliphatic carbocycles. The van der Waals surface area contributed by atoms with Crippen LogP contribution in [0.4, 0.5) is 0 Å². The number of nitrogens with one attached hydrogen (secondary N) is 2. The molecule has 0 saturated carbocycles. The lowest BCUT2D eigenvalue weighted by atomic mass is 9.95. The van der Waals surface area contributed by atoms with Gasteiger partial charge in [0, 0.05) is 51.8 Å². The second-order valence-corrected chi connectivity index (χ2v) is 7.86. The van der Waals surface area contributed by atoms with E-state index in [4.69, 9.17) is 4.74 Å². The van der Waals surface area contributed by atoms with Gasteiger partial charge in [0.05, 0.1) is 6.10 Å². The van der Waals surface area contributed by atoms with Gasteiger partial charge in [-0.2, -0.15) is 0 Å². The molecule has 0 aromatic heterocycles. The first-order chi connectivity index (χ1) is 13.2. The van der Waals surface area contributed by atoms with Gasteiger partial charge in [-0.15, -0.1) is 0 Å². The van der Waals surface area contributed by atoms with Crippen molar-refractivity contribution in [3.63, 3.8) is 0 Å². The molecule has 1 aromatic rings. The predicted molar refractivity (Wildman–Crippen MR) is 112 cm³/mol. The molecule has 0 radical (unpaired) electrons. The Kier molecular flexibility index (Phi) is 7.30. The van der Waals surface area contributed by atoms with E-state index in [9.17, 15) is 0 Å². The summed E-state index contributed by atoms with van der Waals surface area (Å²) in [7, 11) is 1.85. The smallest absolute Gasteiger partial charge is 0.191 e. The zero-order chi connectivity index (χ0) is 19.1. The maximum Gasteiger partial charge on any atom is 0.191 e. The molecule has 0 amide bonds. The summed E-state index contributed by atoms with van der Waals surface area (Å²) >= 11 is 0. The maximum absolute atomic E-state index is 6.00. The third-order valence-corrected chi connectivity index (χ3v) is 5.52. The van der Waals surface area contributed by atoms with Gasteiger partial charge in [-0.1, -0.05) is 42.5 Å². The van der Waals surface area contributed by atoms with E-state index in [1.807, 2.05) is 7.05 Å². The zero-order valence-corrected chi connectivity index (χ0v) is 16.8. The van der Waals surface area contributed by atoms with Crippen LogP contribution < -0.4 is 10.6 Å². The van der Waals surface area contributed by atoms with Crippen LogP contribution in [-0.4, -0.2) is 56.7 Å². The van der Waals surface area contributed by atoms with Crippen molar-refractivity contribution in [1.82, 2.24) is 15.5 Å². The third kappa shape index (κ3) is 5.81. The van der Waals surface area contributed by atoms with Crippen molar-refractivity contribution in [3.8, 4) is 0 Å². The molecule has 3 rings (SSSR count). The highest BCUT2D eigenvalue weighted by Crippen LogP contribution is 2.33. The lowest BCUT2D eigenvalue weighted by Gasteiger charge is -2.33. The number of likely N-dealkylation sites (tertiary alicyclic amines) is 1. The normalized spacial score (nSPS) is 24.7. The zero-order valence-electron chi connectivity index (χ0n) is 16.8. The summed E-state index contributed by atoms with van der Waals surface area (Å²) in [5.74, 6) is 1.38. The minimum absolute atomic E-state index is 0.183. The molecule has 5 heteroatoms. The number of aliphatic imine (C=N–C) groups is 1. The Labute approximate surface area is 163 Å². The van der Waals surface area contributed by atoms with Crippen LogP contribution in [0.15, 0.2) is 47.5 Å². The second kappa shape index (κ2) is 9.90. The molecule has 0 bridgehead atoms. The fraction of sp³-hybridized carbons (Fsp3) is 0.591. The fourth-order valence-corrected chi connectivity index (χ4v) is 4.09. The molecule has 0 spiro atoms. The Morgan fingerprint density at radius 1 is 1.22 bits per heavy atom. The van der Waals surface area contributed by atoms with Crippen molar-refractivity contribution in [2.24, 2.45) is 10.9 Å². The lowest BCUT2D eigenvalue weighted by molar-refractivity contribution is 0.0915. The van der Waals surface area contributed by atoms with Gasteiger partial charge in [0.1, 0.15) is 0 Å². The lowest BCUT2D eigenvalue weighted by Crippen LogP contribution is -2.49. The van der Waals surface area contributed by atoms with Gasteiger partial charge in [0.25, 0.3) is 0 Å². The van der Waals surface area contributed by atoms with E-state index in [-0.39, 0.29) is 6.10 Å². The number of piperidine rings is 1. The molecule has 2 atom stereocenters. The van der Waals surface area contributed by atoms with Crippen molar-refractivity contribution in [1.29, 1.82) is 0 Å². The van der Waals surface area contributed by atoms with E-state index in [0.29, 0.717) is 12.0 Å². The van der Waals surface area contributed by atoms with Crippen LogP contribution in [0.3, 0.4) is 0 Å². The molecule has 2 unspecified atom stereocenters. The summed E-state index contributed by atoms with van der Waals surface area (Å²) in [6, 6.07) is 11.0. The average Bonchev–Trinajstić information content (AvgIpc) is 3.15. The first-order valence-electron chi connectivity index (χ1n) is 10.2. The number of nitrogens with zero attached hydrogens (tertiary/aromatic N) is 2. The number of ether oxygens (including phenoxy) is 1. The number of guanidine groups is 1. The first-order valence-corrected chi connectivity index (χ1v) is 10.2. The summed E-state index contributed by atoms with van der Waals surface area (Å²) in [4.78, 5) is 6.92. The number of hydrogen-bond donors (Lipinski definition) is 2. The average molecular weight is 371 g/mol. The molecule has 2 fully saturated rings. The Morgan fingerprint density at radius 3 is 2.63 bits per heavy atom. The van der Waals surface area contributed by atoms with Gasteiger partial charge in [-0.3, -0.25) is 9.89 Å². The van der Waals surface area contributed by atoms with Crippen molar-refractivity contribution >= 4 is 5.96 Å². The van der Waals surface area contributed by atoms with E-state index < -0.39 is 0 Å². The van der Waals surface area contributed by atoms with Gasteiger partial charge in [0.2, 0.25) is 0 Å². The van der Waals surface area contributed by atoms with Gasteiger partial charge >= 0.3 is 0 Å². The summed E-state index contributed by atoms with van der Waals surface area (Å²) in [5.41, 5.74) is 2.51. The van der Waals surface area contributed by atoms with Crippen LogP contribution in [-0.2, 0) is 4.74 Å². The quantitative estimate of drug-likeness (QED) is 0.459. The van der Waals surface area contributed by atoms with Gasteiger partial charge in [-0.05, 0) is 31.7 Å². The highest BCUT2D eigenvalue weighted by molar-refractivity contribution is 5.80. The number of hydrogen-bond acceptors (Lipinski definition) is 3. The van der Waals surface area contributed by atoms with E-state index >= 15 is 0 Å². The Morgan fingerprint density at radius 2 is 1.96 bits per heavy atom. The number of rotatable bonds is 6. The van der Waals surface area contributed by atoms with Crippen LogP contribution in [0.2, 0.25) is 0 Å². The summed E-state index contributed by atoms with van der Waals surface area (Å²) < 4.78 is 6.00. The highest BCUT2D eigenvalue weighted by Gasteiger charge is 2.29. The molecule has 2 aliphatic heterocycles. The highest BCUT2D eigenvalue weighted by atomic mass is 16.5. The largest absolute Gasteiger partial charge is 0.373 e. The summed E-state index contributed by atoms with van der Waals surface area (Å²) in [6.45, 7) is 11.1. The van der Waals surface area contributed by atoms with Crippen LogP contribution >= 0.6 is 0 Å². The molecular formula is C22H34N4O. The van der Waals surface area contributed by atoms with Crippen LogP contribution in [0.5, 0.6) is 0 Å². The SMILES string of the molecule is C=C(C)CN1CCC(NC(=NC)NCC2CCOC2c2ccccc2)CC1. The van der Waals surface area contributed by atoms with Crippen LogP contribution in [0, 0.1) is 5.92 Å². The molecular weight excluding hydrogens is 336 g/mol. The molecule has 5 nitrogen and oxygen atoms in total. The molecule has 2 N–H and O–H groups in total. The van der Waals surface area contributed by atoms with E-state index in [0.717, 1.165) is 58.0 Å². The van der Waals surface area contributed by atoms with Crippen molar-refractivity contribution in [2.75, 3.05) is 39.8 Å². The second-order valence-electron chi connectivity index (χ2n) is 7.86. The van der Waals surface area contributed by atoms with Crippen molar-refractivity contribution in [2.45, 2.75) is 38.3 Å². The van der Waals surface area contributed by atoms with Crippen LogP contribution in [0.1, 0.15) is 37.9 Å². The minimum atomic E-state index is 0.183. The molecule has 2 heterocycles. The number of benzene rings is 1. The molecule has 148 valence electrons. The van der Waals surface area contributed by atoms with E-state index in [1.54, 1.807) is 0 Å².